The van der Waals surface area contributed by atoms with Crippen LogP contribution in [0.2, 0.25) is 0 Å². The largest absolute Gasteiger partial charge is 0.370 e. The van der Waals surface area contributed by atoms with Crippen LogP contribution in [-0.4, -0.2) is 186 Å². The molecule has 4 rings (SSSR count). The minimum Gasteiger partial charge on any atom is -0.370 e. The molecule has 0 spiro atoms. The Hall–Kier alpha value is -9.74. The summed E-state index contributed by atoms with van der Waals surface area (Å²) >= 11 is 1.37. The number of H-pyrrole nitrogens is 2. The first-order valence-electron chi connectivity index (χ1n) is 32.3. The maximum Gasteiger partial charge on any atom is 0.243 e. The van der Waals surface area contributed by atoms with Crippen LogP contribution in [0.3, 0.4) is 0 Å². The fourth-order valence-corrected chi connectivity index (χ4v) is 10.9. The zero-order chi connectivity index (χ0) is 71.4. The highest BCUT2D eigenvalue weighted by atomic mass is 32.2. The second-order valence-electron chi connectivity index (χ2n) is 23.3. The number of nitrogens with zero attached hydrogens (tertiary/aromatic N) is 3. The average Bonchev–Trinajstić information content (AvgIpc) is 1.74. The number of amides is 10. The molecule has 9 atom stereocenters. The number of nitrogens with one attached hydrogen (secondary N) is 10. The molecule has 0 radical (unpaired) electrons. The number of hydrogen-bond acceptors (Lipinski definition) is 17. The van der Waals surface area contributed by atoms with Gasteiger partial charge in [-0.3, -0.25) is 62.9 Å². The predicted molar refractivity (Wildman–Crippen MR) is 374 cm³/mol. The number of hydrogen-bond donors (Lipinski definition) is 21. The van der Waals surface area contributed by atoms with Crippen LogP contribution >= 0.6 is 11.8 Å². The molecule has 10 amide bonds. The van der Waals surface area contributed by atoms with Gasteiger partial charge in [0.05, 0.1) is 6.04 Å². The number of carbonyl (C=O) groups excluding carboxylic acids is 10. The van der Waals surface area contributed by atoms with Gasteiger partial charge in [-0.15, -0.1) is 0 Å². The maximum absolute atomic E-state index is 15.1. The second kappa shape index (κ2) is 42.6. The predicted octanol–water partition coefficient (Wildman–Crippen LogP) is -4.44. The molecule has 534 valence electrons. The van der Waals surface area contributed by atoms with Gasteiger partial charge >= 0.3 is 0 Å². The third-order valence-corrected chi connectivity index (χ3v) is 16.3. The number of aromatic amines is 2. The fourth-order valence-electron chi connectivity index (χ4n) is 10.4. The zero-order valence-electron chi connectivity index (χ0n) is 54.9. The first kappa shape index (κ1) is 79.7. The summed E-state index contributed by atoms with van der Waals surface area (Å²) in [5, 5.41) is 23.1. The van der Waals surface area contributed by atoms with Gasteiger partial charge in [0.2, 0.25) is 59.1 Å². The van der Waals surface area contributed by atoms with Crippen molar-refractivity contribution in [1.29, 1.82) is 0 Å². The molecule has 2 aromatic carbocycles. The van der Waals surface area contributed by atoms with E-state index in [1.807, 2.05) is 0 Å². The van der Waals surface area contributed by atoms with Gasteiger partial charge in [0.1, 0.15) is 48.3 Å². The van der Waals surface area contributed by atoms with Crippen LogP contribution in [0.1, 0.15) is 107 Å². The molecular formula is C62H100N24O10S. The highest BCUT2D eigenvalue weighted by Crippen LogP contribution is 2.22. The lowest BCUT2D eigenvalue weighted by atomic mass is 10.0. The van der Waals surface area contributed by atoms with E-state index in [2.05, 4.69) is 67.5 Å². The molecule has 35 heteroatoms. The van der Waals surface area contributed by atoms with Crippen LogP contribution in [0.4, 0.5) is 0 Å². The molecule has 0 aliphatic carbocycles. The highest BCUT2D eigenvalue weighted by Gasteiger charge is 2.36. The summed E-state index contributed by atoms with van der Waals surface area (Å²) in [7, 11) is 0. The molecule has 2 heterocycles. The number of para-hydroxylation sites is 2. The Labute approximate surface area is 567 Å². The van der Waals surface area contributed by atoms with Crippen molar-refractivity contribution in [2.75, 3.05) is 44.7 Å². The zero-order valence-corrected chi connectivity index (χ0v) is 55.7. The van der Waals surface area contributed by atoms with Crippen molar-refractivity contribution in [1.82, 2.24) is 52.5 Å². The van der Waals surface area contributed by atoms with Crippen LogP contribution in [0.15, 0.2) is 75.9 Å². The van der Waals surface area contributed by atoms with Crippen molar-refractivity contribution in [2.45, 2.75) is 164 Å². The van der Waals surface area contributed by atoms with Crippen LogP contribution in [0.25, 0.3) is 21.8 Å². The second-order valence-corrected chi connectivity index (χ2v) is 24.3. The Bertz CT molecular complexity index is 3330. The van der Waals surface area contributed by atoms with Crippen LogP contribution < -0.4 is 106 Å². The number of guanidine groups is 3. The number of primary amides is 2. The first-order valence-corrected chi connectivity index (χ1v) is 33.7. The number of rotatable bonds is 47. The Balaban J connectivity index is 1.74. The quantitative estimate of drug-likeness (QED) is 0.0113. The van der Waals surface area contributed by atoms with E-state index in [1.54, 1.807) is 67.2 Å². The molecule has 4 aromatic rings. The molecule has 0 fully saturated rings. The van der Waals surface area contributed by atoms with E-state index in [1.165, 1.54) is 11.8 Å². The van der Waals surface area contributed by atoms with Crippen LogP contribution in [0.5, 0.6) is 0 Å². The number of benzene rings is 2. The van der Waals surface area contributed by atoms with Gasteiger partial charge in [-0.25, -0.2) is 0 Å². The van der Waals surface area contributed by atoms with Gasteiger partial charge in [0, 0.05) is 73.1 Å². The maximum atomic E-state index is 15.1. The summed E-state index contributed by atoms with van der Waals surface area (Å²) < 4.78 is 0. The van der Waals surface area contributed by atoms with E-state index in [0.29, 0.717) is 83.9 Å². The van der Waals surface area contributed by atoms with Gasteiger partial charge < -0.3 is 116 Å². The van der Waals surface area contributed by atoms with Crippen LogP contribution in [-0.2, 0) is 60.8 Å². The van der Waals surface area contributed by atoms with E-state index in [-0.39, 0.29) is 102 Å². The number of fused-ring (bicyclic) bond motifs is 2. The normalized spacial score (nSPS) is 13.9. The summed E-state index contributed by atoms with van der Waals surface area (Å²) in [5.74, 6) is -8.54. The van der Waals surface area contributed by atoms with E-state index >= 15 is 14.4 Å². The van der Waals surface area contributed by atoms with E-state index in [0.717, 1.165) is 0 Å². The number of aliphatic imine (C=N–C) groups is 3. The van der Waals surface area contributed by atoms with Crippen molar-refractivity contribution >= 4 is 111 Å². The van der Waals surface area contributed by atoms with E-state index in [9.17, 15) is 33.6 Å². The monoisotopic (exact) mass is 1370 g/mol. The van der Waals surface area contributed by atoms with Crippen molar-refractivity contribution < 1.29 is 47.9 Å². The summed E-state index contributed by atoms with van der Waals surface area (Å²) in [5.41, 5.74) is 64.8. The average molecular weight is 1370 g/mol. The lowest BCUT2D eigenvalue weighted by Crippen LogP contribution is -2.61. The molecule has 0 bridgehead atoms. The Kier molecular flexibility index (Phi) is 35.0. The summed E-state index contributed by atoms with van der Waals surface area (Å²) in [6.45, 7) is 0.892. The van der Waals surface area contributed by atoms with Crippen molar-refractivity contribution in [2.24, 2.45) is 78.0 Å². The van der Waals surface area contributed by atoms with Crippen molar-refractivity contribution in [3.05, 3.63) is 72.1 Å². The van der Waals surface area contributed by atoms with Gasteiger partial charge in [0.15, 0.2) is 17.9 Å². The highest BCUT2D eigenvalue weighted by molar-refractivity contribution is 7.98. The lowest BCUT2D eigenvalue weighted by Gasteiger charge is -2.28. The van der Waals surface area contributed by atoms with Gasteiger partial charge in [0.25, 0.3) is 0 Å². The summed E-state index contributed by atoms with van der Waals surface area (Å²) in [4.78, 5) is 160. The molecule has 0 saturated heterocycles. The van der Waals surface area contributed by atoms with E-state index < -0.39 is 126 Å². The van der Waals surface area contributed by atoms with E-state index in [4.69, 9.17) is 63.1 Å². The molecular weight excluding hydrogens is 1270 g/mol. The third kappa shape index (κ3) is 28.6. The topological polar surface area (TPSA) is 622 Å². The Morgan fingerprint density at radius 1 is 0.412 bits per heavy atom. The number of unbranched alkanes of at least 4 members (excludes halogenated alkanes) is 2. The molecule has 0 aliphatic heterocycles. The number of thioether (sulfide) groups is 1. The molecule has 0 saturated carbocycles. The first-order chi connectivity index (χ1) is 46.3. The summed E-state index contributed by atoms with van der Waals surface area (Å²) in [6, 6.07) is 2.18. The minimum absolute atomic E-state index is 0.000650. The summed E-state index contributed by atoms with van der Waals surface area (Å²) in [6.07, 6.45) is 6.66. The molecule has 32 N–H and O–H groups in total. The number of nitrogens with two attached hydrogens (primary N) is 11. The fraction of sp³-hybridized carbons (Fsp3) is 0.532. The third-order valence-electron chi connectivity index (χ3n) is 15.7. The lowest BCUT2D eigenvalue weighted by molar-refractivity contribution is -0.136. The number of aromatic nitrogens is 2. The van der Waals surface area contributed by atoms with Crippen LogP contribution in [0, 0.1) is 0 Å². The SMILES string of the molecule is CSCC[C@@H](NC(=O)[C@@H](CCCN=C(N)N)NC(=O)[C@@H](Cc1c[nH]c2ccccc12)NC(=O)[C@@H](CCC(N)=O)NC(=O)[C@@H](Cc1c[nH]c2ccccc12)NC(=O)[C@@H](CCCN=C(N)N)NC(=O)[C@H](N)CCCN=C(N)N)C(=O)N[C@H](CCCCN)C(=O)N[C@H](CCCCN)C(N)=O. The van der Waals surface area contributed by atoms with Crippen molar-refractivity contribution in [3.8, 4) is 0 Å². The molecule has 0 unspecified atom stereocenters. The molecule has 34 nitrogen and oxygen atoms in total. The minimum atomic E-state index is -1.64. The van der Waals surface area contributed by atoms with Gasteiger partial charge in [-0.1, -0.05) is 36.4 Å². The Morgan fingerprint density at radius 3 is 1.12 bits per heavy atom. The van der Waals surface area contributed by atoms with Gasteiger partial charge in [-0.2, -0.15) is 11.8 Å². The smallest absolute Gasteiger partial charge is 0.243 e. The Morgan fingerprint density at radius 2 is 0.742 bits per heavy atom. The van der Waals surface area contributed by atoms with Gasteiger partial charge in [-0.05, 0) is 138 Å². The molecule has 97 heavy (non-hydrogen) atoms. The number of carbonyl (C=O) groups is 10. The molecule has 0 aliphatic rings. The standard InChI is InChI=1S/C62H100N24O10S/c1-97-30-24-47(57(94)81-43(19-7-9-26-64)53(90)79-42(51(67)88)18-6-8-25-63)84-54(91)45(21-12-29-76-62(72)73)82-58(95)48(31-35-33-77-40-16-4-2-13-37(35)40)86-56(93)46(22-23-50(66)87)83-59(96)49(32-36-34-78-41-17-5-3-14-38(36)41)85-55(92)44(20-11-28-75-61(70)71)80-52(89)39(65)15-10-27-74-60(68)69/h2-5,13-14,16-17,33-34,39,42-49,77-78H,6-12,15,18-32,63-65H2,1H3,(H2,66,87)(H2,67,88)(H,79,90)(H,80,89)(H,81,94)(H,82,95)(H,83,96)(H,84,91)(H,85,92)(H,86,93)(H4,68,69,74)(H4,70,71,75)(H4,72,73,76)/t39-,42-,43-,44-,45-,46-,47-,48-,49-/m1/s1. The van der Waals surface area contributed by atoms with Crippen molar-refractivity contribution in [3.63, 3.8) is 0 Å². The molecule has 2 aromatic heterocycles.